The van der Waals surface area contributed by atoms with Crippen LogP contribution < -0.4 is 5.32 Å². The van der Waals surface area contributed by atoms with Gasteiger partial charge in [-0.15, -0.1) is 22.7 Å². The van der Waals surface area contributed by atoms with Crippen LogP contribution in [-0.4, -0.2) is 9.97 Å². The molecule has 2 heterocycles. The average molecular weight is 274 g/mol. The number of hydrogen-bond acceptors (Lipinski definition) is 5. The summed E-state index contributed by atoms with van der Waals surface area (Å²) in [4.78, 5) is 9.78. The Bertz CT molecular complexity index is 466. The standard InChI is InChI=1S/C10H12ClN3S2/c1-6-3-14-10(15-6)7(2)12-5-9-13-4-8(11)16-9/h3-4,7,12H,5H2,1-2H3. The first-order chi connectivity index (χ1) is 7.65. The third kappa shape index (κ3) is 3.01. The first kappa shape index (κ1) is 12.0. The van der Waals surface area contributed by atoms with Gasteiger partial charge in [0.1, 0.15) is 14.4 Å². The van der Waals surface area contributed by atoms with Crippen LogP contribution in [0.3, 0.4) is 0 Å². The summed E-state index contributed by atoms with van der Waals surface area (Å²) in [5.74, 6) is 0. The van der Waals surface area contributed by atoms with Crippen molar-refractivity contribution in [3.8, 4) is 0 Å². The van der Waals surface area contributed by atoms with Crippen LogP contribution in [0.2, 0.25) is 4.34 Å². The van der Waals surface area contributed by atoms with E-state index in [0.717, 1.165) is 20.9 Å². The monoisotopic (exact) mass is 273 g/mol. The van der Waals surface area contributed by atoms with E-state index < -0.39 is 0 Å². The molecule has 0 aliphatic heterocycles. The Kier molecular flexibility index (Phi) is 3.91. The molecule has 2 aromatic heterocycles. The molecule has 16 heavy (non-hydrogen) atoms. The fraction of sp³-hybridized carbons (Fsp3) is 0.400. The van der Waals surface area contributed by atoms with Crippen molar-refractivity contribution in [2.75, 3.05) is 0 Å². The van der Waals surface area contributed by atoms with Gasteiger partial charge in [-0.2, -0.15) is 0 Å². The summed E-state index contributed by atoms with van der Waals surface area (Å²) in [6, 6.07) is 0.251. The maximum atomic E-state index is 5.81. The first-order valence-electron chi connectivity index (χ1n) is 4.91. The summed E-state index contributed by atoms with van der Waals surface area (Å²) in [6.07, 6.45) is 3.58. The van der Waals surface area contributed by atoms with E-state index in [1.165, 1.54) is 16.2 Å². The van der Waals surface area contributed by atoms with E-state index in [1.807, 2.05) is 6.20 Å². The van der Waals surface area contributed by atoms with Crippen molar-refractivity contribution < 1.29 is 0 Å². The van der Waals surface area contributed by atoms with Crippen molar-refractivity contribution in [2.24, 2.45) is 0 Å². The van der Waals surface area contributed by atoms with Gasteiger partial charge in [-0.3, -0.25) is 0 Å². The third-order valence-electron chi connectivity index (χ3n) is 2.09. The molecular formula is C10H12ClN3S2. The van der Waals surface area contributed by atoms with Crippen LogP contribution in [0, 0.1) is 6.92 Å². The first-order valence-corrected chi connectivity index (χ1v) is 6.92. The van der Waals surface area contributed by atoms with E-state index in [0.29, 0.717) is 0 Å². The zero-order chi connectivity index (χ0) is 11.5. The highest BCUT2D eigenvalue weighted by Gasteiger charge is 2.09. The molecule has 0 amide bonds. The van der Waals surface area contributed by atoms with Gasteiger partial charge < -0.3 is 5.32 Å². The minimum Gasteiger partial charge on any atom is -0.302 e. The number of halogens is 1. The summed E-state index contributed by atoms with van der Waals surface area (Å²) >= 11 is 9.04. The van der Waals surface area contributed by atoms with Gasteiger partial charge in [-0.25, -0.2) is 9.97 Å². The van der Waals surface area contributed by atoms with Gasteiger partial charge in [-0.1, -0.05) is 11.6 Å². The Morgan fingerprint density at radius 2 is 2.19 bits per heavy atom. The summed E-state index contributed by atoms with van der Waals surface area (Å²) in [5, 5.41) is 5.50. The van der Waals surface area contributed by atoms with Gasteiger partial charge in [0.25, 0.3) is 0 Å². The number of rotatable bonds is 4. The van der Waals surface area contributed by atoms with E-state index >= 15 is 0 Å². The van der Waals surface area contributed by atoms with Gasteiger partial charge >= 0.3 is 0 Å². The topological polar surface area (TPSA) is 37.8 Å². The fourth-order valence-corrected chi connectivity index (χ4v) is 2.98. The highest BCUT2D eigenvalue weighted by Crippen LogP contribution is 2.21. The lowest BCUT2D eigenvalue weighted by atomic mass is 10.3. The number of hydrogen-bond donors (Lipinski definition) is 1. The molecule has 0 radical (unpaired) electrons. The quantitative estimate of drug-likeness (QED) is 0.928. The van der Waals surface area contributed by atoms with Crippen LogP contribution in [0.1, 0.15) is 27.9 Å². The van der Waals surface area contributed by atoms with Gasteiger partial charge in [0.05, 0.1) is 12.2 Å². The molecule has 0 fully saturated rings. The van der Waals surface area contributed by atoms with Crippen LogP contribution in [0.25, 0.3) is 0 Å². The lowest BCUT2D eigenvalue weighted by Crippen LogP contribution is -2.17. The second kappa shape index (κ2) is 5.23. The fourth-order valence-electron chi connectivity index (χ4n) is 1.27. The second-order valence-corrected chi connectivity index (χ2v) is 6.48. The Balaban J connectivity index is 1.91. The minimum absolute atomic E-state index is 0.251. The lowest BCUT2D eigenvalue weighted by molar-refractivity contribution is 0.570. The van der Waals surface area contributed by atoms with E-state index in [-0.39, 0.29) is 6.04 Å². The number of aromatic nitrogens is 2. The molecule has 1 unspecified atom stereocenters. The zero-order valence-corrected chi connectivity index (χ0v) is 11.4. The summed E-state index contributed by atoms with van der Waals surface area (Å²) < 4.78 is 0.731. The van der Waals surface area contributed by atoms with Crippen molar-refractivity contribution >= 4 is 34.3 Å². The largest absolute Gasteiger partial charge is 0.302 e. The molecule has 0 aliphatic rings. The Hall–Kier alpha value is -0.490. The van der Waals surface area contributed by atoms with E-state index in [2.05, 4.69) is 29.1 Å². The molecule has 0 bridgehead atoms. The Morgan fingerprint density at radius 1 is 1.38 bits per heavy atom. The van der Waals surface area contributed by atoms with Crippen molar-refractivity contribution in [1.82, 2.24) is 15.3 Å². The molecule has 0 saturated heterocycles. The molecule has 1 N–H and O–H groups in total. The smallest absolute Gasteiger partial charge is 0.113 e. The molecular weight excluding hydrogens is 262 g/mol. The Labute approximate surface area is 108 Å². The maximum Gasteiger partial charge on any atom is 0.113 e. The number of nitrogens with zero attached hydrogens (tertiary/aromatic N) is 2. The summed E-state index contributed by atoms with van der Waals surface area (Å²) in [6.45, 7) is 4.90. The van der Waals surface area contributed by atoms with Gasteiger partial charge in [0, 0.05) is 17.6 Å². The van der Waals surface area contributed by atoms with Crippen molar-refractivity contribution in [1.29, 1.82) is 0 Å². The molecule has 1 atom stereocenters. The molecule has 86 valence electrons. The number of nitrogens with one attached hydrogen (secondary N) is 1. The normalized spacial score (nSPS) is 12.9. The molecule has 6 heteroatoms. The van der Waals surface area contributed by atoms with Gasteiger partial charge in [0.15, 0.2) is 0 Å². The molecule has 0 spiro atoms. The number of thiazole rings is 2. The predicted molar refractivity (Wildman–Crippen MR) is 69.2 cm³/mol. The van der Waals surface area contributed by atoms with Crippen LogP contribution in [0.4, 0.5) is 0 Å². The molecule has 2 aromatic rings. The molecule has 2 rings (SSSR count). The lowest BCUT2D eigenvalue weighted by Gasteiger charge is -2.08. The third-order valence-corrected chi connectivity index (χ3v) is 4.30. The minimum atomic E-state index is 0.251. The van der Waals surface area contributed by atoms with Crippen LogP contribution in [-0.2, 0) is 6.54 Å². The zero-order valence-electron chi connectivity index (χ0n) is 9.03. The van der Waals surface area contributed by atoms with E-state index in [9.17, 15) is 0 Å². The highest BCUT2D eigenvalue weighted by atomic mass is 35.5. The summed E-state index contributed by atoms with van der Waals surface area (Å²) in [5.41, 5.74) is 0. The average Bonchev–Trinajstić information content (AvgIpc) is 2.84. The van der Waals surface area contributed by atoms with Gasteiger partial charge in [-0.05, 0) is 13.8 Å². The second-order valence-electron chi connectivity index (χ2n) is 3.47. The number of aryl methyl sites for hydroxylation is 1. The SMILES string of the molecule is Cc1cnc(C(C)NCc2ncc(Cl)s2)s1. The van der Waals surface area contributed by atoms with Crippen LogP contribution >= 0.6 is 34.3 Å². The van der Waals surface area contributed by atoms with Crippen molar-refractivity contribution in [3.05, 3.63) is 31.6 Å². The molecule has 0 aromatic carbocycles. The van der Waals surface area contributed by atoms with Crippen LogP contribution in [0.15, 0.2) is 12.4 Å². The van der Waals surface area contributed by atoms with E-state index in [4.69, 9.17) is 11.6 Å². The van der Waals surface area contributed by atoms with Crippen molar-refractivity contribution in [3.63, 3.8) is 0 Å². The predicted octanol–water partition coefficient (Wildman–Crippen LogP) is 3.41. The molecule has 3 nitrogen and oxygen atoms in total. The van der Waals surface area contributed by atoms with Crippen LogP contribution in [0.5, 0.6) is 0 Å². The van der Waals surface area contributed by atoms with E-state index in [1.54, 1.807) is 17.5 Å². The van der Waals surface area contributed by atoms with Crippen molar-refractivity contribution in [2.45, 2.75) is 26.4 Å². The molecule has 0 saturated carbocycles. The Morgan fingerprint density at radius 3 is 2.75 bits per heavy atom. The highest BCUT2D eigenvalue weighted by molar-refractivity contribution is 7.15. The summed E-state index contributed by atoms with van der Waals surface area (Å²) in [7, 11) is 0. The maximum absolute atomic E-state index is 5.81. The van der Waals surface area contributed by atoms with Gasteiger partial charge in [0.2, 0.25) is 0 Å². The molecule has 0 aliphatic carbocycles.